The van der Waals surface area contributed by atoms with Crippen molar-refractivity contribution in [3.63, 3.8) is 0 Å². The molecule has 1 aromatic carbocycles. The van der Waals surface area contributed by atoms with Gasteiger partial charge in [0, 0.05) is 24.8 Å². The predicted octanol–water partition coefficient (Wildman–Crippen LogP) is 2.69. The van der Waals surface area contributed by atoms with Gasteiger partial charge in [0.05, 0.1) is 11.3 Å². The molecule has 128 valence electrons. The summed E-state index contributed by atoms with van der Waals surface area (Å²) < 4.78 is 13.1. The molecule has 3 rings (SSSR count). The first-order chi connectivity index (χ1) is 11.7. The van der Waals surface area contributed by atoms with Crippen LogP contribution in [0.1, 0.15) is 41.4 Å². The van der Waals surface area contributed by atoms with Crippen LogP contribution in [-0.4, -0.2) is 28.9 Å². The summed E-state index contributed by atoms with van der Waals surface area (Å²) in [6.07, 6.45) is 4.23. The lowest BCUT2D eigenvalue weighted by Crippen LogP contribution is -2.25. The maximum atomic E-state index is 12.5. The summed E-state index contributed by atoms with van der Waals surface area (Å²) in [5.41, 5.74) is 2.48. The highest BCUT2D eigenvalue weighted by atomic mass is 16.6. The molecule has 2 heterocycles. The number of nitrogens with one attached hydrogen (secondary N) is 1. The van der Waals surface area contributed by atoms with Crippen LogP contribution in [0.3, 0.4) is 0 Å². The number of hydrogen-bond acceptors (Lipinski definition) is 4. The summed E-state index contributed by atoms with van der Waals surface area (Å²) >= 11 is 0. The lowest BCUT2D eigenvalue weighted by atomic mass is 10.1. The van der Waals surface area contributed by atoms with Crippen LogP contribution in [0.15, 0.2) is 24.4 Å². The Morgan fingerprint density at radius 1 is 1.33 bits per heavy atom. The number of para-hydroxylation sites is 1. The van der Waals surface area contributed by atoms with Crippen molar-refractivity contribution in [1.29, 1.82) is 0 Å². The second-order valence-corrected chi connectivity index (χ2v) is 5.87. The van der Waals surface area contributed by atoms with Gasteiger partial charge < -0.3 is 14.8 Å². The number of benzene rings is 1. The molecule has 6 nitrogen and oxygen atoms in total. The molecule has 1 aromatic heterocycles. The van der Waals surface area contributed by atoms with E-state index in [4.69, 9.17) is 9.47 Å². The second-order valence-electron chi connectivity index (χ2n) is 5.87. The molecule has 1 aliphatic heterocycles. The Kier molecular flexibility index (Phi) is 5.03. The molecule has 0 saturated heterocycles. The Bertz CT molecular complexity index is 724. The number of nitrogens with zero attached hydrogens (tertiary/aromatic N) is 2. The molecule has 0 atom stereocenters. The lowest BCUT2D eigenvalue weighted by Gasteiger charge is -2.20. The highest BCUT2D eigenvalue weighted by Crippen LogP contribution is 2.33. The van der Waals surface area contributed by atoms with E-state index in [1.54, 1.807) is 12.1 Å². The standard InChI is InChI=1S/C18H23N3O3/c1-3-4-8-21-12-14(13(2)20-21)11-19-18(22)15-6-5-7-16-17(15)24-10-9-23-16/h5-7,12H,3-4,8-11H2,1-2H3,(H,19,22). The summed E-state index contributed by atoms with van der Waals surface area (Å²) in [7, 11) is 0. The van der Waals surface area contributed by atoms with Crippen LogP contribution in [0.5, 0.6) is 11.5 Å². The molecule has 0 bridgehead atoms. The molecular weight excluding hydrogens is 306 g/mol. The average Bonchev–Trinajstić information content (AvgIpc) is 2.97. The van der Waals surface area contributed by atoms with E-state index >= 15 is 0 Å². The Balaban J connectivity index is 1.67. The zero-order valence-corrected chi connectivity index (χ0v) is 14.2. The molecule has 1 N–H and O–H groups in total. The van der Waals surface area contributed by atoms with Gasteiger partial charge in [-0.05, 0) is 25.5 Å². The molecule has 0 fully saturated rings. The molecule has 6 heteroatoms. The highest BCUT2D eigenvalue weighted by Gasteiger charge is 2.20. The zero-order chi connectivity index (χ0) is 16.9. The van der Waals surface area contributed by atoms with Gasteiger partial charge in [0.15, 0.2) is 11.5 Å². The van der Waals surface area contributed by atoms with E-state index in [9.17, 15) is 4.79 Å². The van der Waals surface area contributed by atoms with Crippen LogP contribution < -0.4 is 14.8 Å². The molecular formula is C18H23N3O3. The van der Waals surface area contributed by atoms with E-state index < -0.39 is 0 Å². The van der Waals surface area contributed by atoms with Crippen molar-refractivity contribution in [2.45, 2.75) is 39.8 Å². The largest absolute Gasteiger partial charge is 0.486 e. The third kappa shape index (κ3) is 3.53. The Hall–Kier alpha value is -2.50. The zero-order valence-electron chi connectivity index (χ0n) is 14.2. The summed E-state index contributed by atoms with van der Waals surface area (Å²) in [4.78, 5) is 12.5. The molecule has 1 amide bonds. The van der Waals surface area contributed by atoms with E-state index in [1.165, 1.54) is 0 Å². The summed E-state index contributed by atoms with van der Waals surface area (Å²) in [5, 5.41) is 7.44. The number of carbonyl (C=O) groups excluding carboxylic acids is 1. The van der Waals surface area contributed by atoms with Gasteiger partial charge in [-0.2, -0.15) is 5.10 Å². The maximum Gasteiger partial charge on any atom is 0.255 e. The minimum absolute atomic E-state index is 0.168. The average molecular weight is 329 g/mol. The molecule has 1 aliphatic rings. The first kappa shape index (κ1) is 16.4. The number of hydrogen-bond donors (Lipinski definition) is 1. The van der Waals surface area contributed by atoms with Gasteiger partial charge in [-0.15, -0.1) is 0 Å². The molecule has 0 unspecified atom stereocenters. The fourth-order valence-electron chi connectivity index (χ4n) is 2.69. The predicted molar refractivity (Wildman–Crippen MR) is 90.5 cm³/mol. The minimum atomic E-state index is -0.168. The first-order valence-corrected chi connectivity index (χ1v) is 8.38. The van der Waals surface area contributed by atoms with Crippen LogP contribution >= 0.6 is 0 Å². The van der Waals surface area contributed by atoms with Gasteiger partial charge in [0.25, 0.3) is 5.91 Å². The number of aromatic nitrogens is 2. The Morgan fingerprint density at radius 3 is 3.00 bits per heavy atom. The summed E-state index contributed by atoms with van der Waals surface area (Å²) in [6, 6.07) is 5.37. The van der Waals surface area contributed by atoms with E-state index in [1.807, 2.05) is 23.9 Å². The second kappa shape index (κ2) is 7.38. The van der Waals surface area contributed by atoms with Crippen molar-refractivity contribution in [3.8, 4) is 11.5 Å². The molecule has 2 aromatic rings. The molecule has 24 heavy (non-hydrogen) atoms. The fourth-order valence-corrected chi connectivity index (χ4v) is 2.69. The molecule has 0 saturated carbocycles. The van der Waals surface area contributed by atoms with E-state index in [-0.39, 0.29) is 5.91 Å². The number of amides is 1. The van der Waals surface area contributed by atoms with Gasteiger partial charge in [0.2, 0.25) is 0 Å². The number of unbranched alkanes of at least 4 members (excludes halogenated alkanes) is 1. The van der Waals surface area contributed by atoms with Crippen molar-refractivity contribution in [3.05, 3.63) is 41.2 Å². The molecule has 0 aliphatic carbocycles. The van der Waals surface area contributed by atoms with Crippen molar-refractivity contribution in [1.82, 2.24) is 15.1 Å². The number of rotatable bonds is 6. The fraction of sp³-hybridized carbons (Fsp3) is 0.444. The monoisotopic (exact) mass is 329 g/mol. The quantitative estimate of drug-likeness (QED) is 0.885. The van der Waals surface area contributed by atoms with Crippen LogP contribution in [0.4, 0.5) is 0 Å². The Labute approximate surface area is 141 Å². The SMILES string of the molecule is CCCCn1cc(CNC(=O)c2cccc3c2OCCO3)c(C)n1. The number of carbonyl (C=O) groups is 1. The summed E-state index contributed by atoms with van der Waals surface area (Å²) in [5.74, 6) is 0.979. The van der Waals surface area contributed by atoms with Gasteiger partial charge in [0.1, 0.15) is 13.2 Å². The van der Waals surface area contributed by atoms with E-state index in [0.717, 1.165) is 30.6 Å². The topological polar surface area (TPSA) is 65.4 Å². The van der Waals surface area contributed by atoms with Crippen molar-refractivity contribution >= 4 is 5.91 Å². The normalized spacial score (nSPS) is 12.9. The Morgan fingerprint density at radius 2 is 2.17 bits per heavy atom. The van der Waals surface area contributed by atoms with E-state index in [0.29, 0.717) is 36.8 Å². The lowest BCUT2D eigenvalue weighted by molar-refractivity contribution is 0.0939. The maximum absolute atomic E-state index is 12.5. The van der Waals surface area contributed by atoms with Crippen LogP contribution in [0.25, 0.3) is 0 Å². The third-order valence-corrected chi connectivity index (χ3v) is 4.04. The van der Waals surface area contributed by atoms with Crippen LogP contribution in [0.2, 0.25) is 0 Å². The number of aryl methyl sites for hydroxylation is 2. The summed E-state index contributed by atoms with van der Waals surface area (Å²) in [6.45, 7) is 6.44. The van der Waals surface area contributed by atoms with Crippen molar-refractivity contribution < 1.29 is 14.3 Å². The van der Waals surface area contributed by atoms with Gasteiger partial charge >= 0.3 is 0 Å². The third-order valence-electron chi connectivity index (χ3n) is 4.04. The van der Waals surface area contributed by atoms with Crippen molar-refractivity contribution in [2.24, 2.45) is 0 Å². The van der Waals surface area contributed by atoms with Crippen LogP contribution in [-0.2, 0) is 13.1 Å². The van der Waals surface area contributed by atoms with Gasteiger partial charge in [-0.1, -0.05) is 19.4 Å². The van der Waals surface area contributed by atoms with Gasteiger partial charge in [-0.25, -0.2) is 0 Å². The number of fused-ring (bicyclic) bond motifs is 1. The van der Waals surface area contributed by atoms with E-state index in [2.05, 4.69) is 17.3 Å². The smallest absolute Gasteiger partial charge is 0.255 e. The molecule has 0 radical (unpaired) electrons. The van der Waals surface area contributed by atoms with Gasteiger partial charge in [-0.3, -0.25) is 9.48 Å². The highest BCUT2D eigenvalue weighted by molar-refractivity contribution is 5.97. The minimum Gasteiger partial charge on any atom is -0.486 e. The first-order valence-electron chi connectivity index (χ1n) is 8.38. The van der Waals surface area contributed by atoms with Crippen molar-refractivity contribution in [2.75, 3.05) is 13.2 Å². The van der Waals surface area contributed by atoms with Crippen LogP contribution in [0, 0.1) is 6.92 Å². The number of ether oxygens (including phenoxy) is 2. The molecule has 0 spiro atoms.